The lowest BCUT2D eigenvalue weighted by molar-refractivity contribution is -0.128. The van der Waals surface area contributed by atoms with Crippen molar-refractivity contribution >= 4 is 27.7 Å². The first-order chi connectivity index (χ1) is 23.0. The van der Waals surface area contributed by atoms with Crippen molar-refractivity contribution in [2.24, 2.45) is 10.1 Å². The summed E-state index contributed by atoms with van der Waals surface area (Å²) >= 11 is 3.69. The van der Waals surface area contributed by atoms with Gasteiger partial charge in [-0.05, 0) is 71.1 Å². The molecule has 0 radical (unpaired) electrons. The molecule has 1 aliphatic rings. The van der Waals surface area contributed by atoms with Gasteiger partial charge in [0.15, 0.2) is 11.6 Å². The Morgan fingerprint density at radius 2 is 1.81 bits per heavy atom. The van der Waals surface area contributed by atoms with Crippen LogP contribution in [0, 0.1) is 0 Å². The zero-order valence-corrected chi connectivity index (χ0v) is 27.6. The number of ether oxygens (including phenoxy) is 3. The van der Waals surface area contributed by atoms with Crippen LogP contribution in [-0.4, -0.2) is 49.3 Å². The molecule has 0 saturated heterocycles. The molecular formula is C36H36BrN5O5. The third-order valence-corrected chi connectivity index (χ3v) is 8.66. The van der Waals surface area contributed by atoms with E-state index in [1.807, 2.05) is 97.1 Å². The number of rotatable bonds is 15. The second-order valence-electron chi connectivity index (χ2n) is 11.0. The monoisotopic (exact) mass is 697 g/mol. The number of benzene rings is 4. The molecule has 0 aliphatic carbocycles. The van der Waals surface area contributed by atoms with Crippen molar-refractivity contribution in [3.8, 4) is 11.5 Å². The second kappa shape index (κ2) is 16.1. The van der Waals surface area contributed by atoms with Gasteiger partial charge in [-0.1, -0.05) is 75.6 Å². The molecule has 0 aromatic heterocycles. The first-order valence-electron chi connectivity index (χ1n) is 15.3. The van der Waals surface area contributed by atoms with Crippen LogP contribution in [0.4, 0.5) is 0 Å². The number of halogens is 1. The number of hydrogen-bond donors (Lipinski definition) is 2. The Balaban J connectivity index is 1.56. The Labute approximate surface area is 282 Å². The summed E-state index contributed by atoms with van der Waals surface area (Å²) in [6.45, 7) is 0.942. The summed E-state index contributed by atoms with van der Waals surface area (Å²) in [5.41, 5.74) is 11.7. The number of carbonyl (C=O) groups is 1. The third kappa shape index (κ3) is 8.13. The van der Waals surface area contributed by atoms with E-state index in [1.54, 1.807) is 7.11 Å². The first-order valence-corrected chi connectivity index (χ1v) is 16.1. The number of azide groups is 1. The topological polar surface area (TPSA) is 138 Å². The van der Waals surface area contributed by atoms with Gasteiger partial charge in [-0.15, -0.1) is 0 Å². The van der Waals surface area contributed by atoms with Crippen LogP contribution in [0.5, 0.6) is 11.5 Å². The number of hydrogen-bond acceptors (Lipinski definition) is 7. The third-order valence-electron chi connectivity index (χ3n) is 7.93. The van der Waals surface area contributed by atoms with E-state index in [2.05, 4.69) is 31.3 Å². The highest BCUT2D eigenvalue weighted by atomic mass is 79.9. The predicted octanol–water partition coefficient (Wildman–Crippen LogP) is 6.89. The van der Waals surface area contributed by atoms with Crippen molar-refractivity contribution in [1.29, 1.82) is 0 Å². The summed E-state index contributed by atoms with van der Waals surface area (Å²) in [4.78, 5) is 22.7. The number of amides is 1. The fourth-order valence-corrected chi connectivity index (χ4v) is 6.02. The van der Waals surface area contributed by atoms with E-state index < -0.39 is 11.6 Å². The number of aliphatic hydroxyl groups is 1. The lowest BCUT2D eigenvalue weighted by Crippen LogP contribution is -2.50. The van der Waals surface area contributed by atoms with Gasteiger partial charge in [-0.3, -0.25) is 4.79 Å². The van der Waals surface area contributed by atoms with Gasteiger partial charge in [0, 0.05) is 46.5 Å². The van der Waals surface area contributed by atoms with E-state index in [1.165, 1.54) is 0 Å². The van der Waals surface area contributed by atoms with Crippen molar-refractivity contribution in [1.82, 2.24) is 5.32 Å². The average molecular weight is 699 g/mol. The molecule has 2 atom stereocenters. The highest BCUT2D eigenvalue weighted by molar-refractivity contribution is 9.10. The molecule has 0 saturated carbocycles. The molecule has 0 spiro atoms. The van der Waals surface area contributed by atoms with E-state index in [0.717, 1.165) is 32.5 Å². The Kier molecular flexibility index (Phi) is 11.5. The largest absolute Gasteiger partial charge is 0.497 e. The maximum Gasteiger partial charge on any atom is 0.252 e. The molecule has 4 aromatic rings. The van der Waals surface area contributed by atoms with E-state index in [4.69, 9.17) is 29.8 Å². The summed E-state index contributed by atoms with van der Waals surface area (Å²) in [5.74, 6) is 1.43. The molecule has 11 heteroatoms. The van der Waals surface area contributed by atoms with E-state index >= 15 is 0 Å². The molecule has 10 nitrogen and oxygen atoms in total. The Hall–Kier alpha value is -4.83. The zero-order valence-electron chi connectivity index (χ0n) is 26.0. The standard InChI is InChI=1S/C36H36BrN5O5/c1-45-30-11-6-8-25(22-30)18-19-39-35(44)36(23-27-9-2-3-10-28(27)24-40-42-38)33(31-12-4-5-13-32(31)37)47-34(41-36)26-14-16-29(17-15-26)46-21-7-20-43/h2-6,8-17,22,33,43H,7,18-21,23-24H2,1H3,(H,39,44)/t33-,36-/m1/s1. The second-order valence-corrected chi connectivity index (χ2v) is 11.9. The van der Waals surface area contributed by atoms with Gasteiger partial charge in [-0.2, -0.15) is 0 Å². The van der Waals surface area contributed by atoms with Crippen LogP contribution in [-0.2, 0) is 28.9 Å². The van der Waals surface area contributed by atoms with Gasteiger partial charge in [0.1, 0.15) is 11.5 Å². The smallest absolute Gasteiger partial charge is 0.252 e. The zero-order chi connectivity index (χ0) is 33.1. The van der Waals surface area contributed by atoms with Crippen molar-refractivity contribution < 1.29 is 24.1 Å². The van der Waals surface area contributed by atoms with E-state index in [9.17, 15) is 4.79 Å². The van der Waals surface area contributed by atoms with Crippen LogP contribution in [0.1, 0.15) is 40.3 Å². The molecule has 0 fully saturated rings. The van der Waals surface area contributed by atoms with Gasteiger partial charge in [0.25, 0.3) is 5.91 Å². The van der Waals surface area contributed by atoms with Crippen LogP contribution in [0.15, 0.2) is 112 Å². The molecule has 242 valence electrons. The molecule has 47 heavy (non-hydrogen) atoms. The SMILES string of the molecule is COc1cccc(CCNC(=O)[C@]2(Cc3ccccc3CN=[N+]=[N-])N=C(c3ccc(OCCCO)cc3)O[C@@H]2c2ccccc2Br)c1. The maximum absolute atomic E-state index is 14.6. The van der Waals surface area contributed by atoms with Crippen molar-refractivity contribution in [2.45, 2.75) is 37.5 Å². The van der Waals surface area contributed by atoms with Crippen LogP contribution in [0.25, 0.3) is 10.4 Å². The lowest BCUT2D eigenvalue weighted by atomic mass is 9.81. The summed E-state index contributed by atoms with van der Waals surface area (Å²) in [6.07, 6.45) is 0.508. The molecule has 1 heterocycles. The summed E-state index contributed by atoms with van der Waals surface area (Å²) in [5, 5.41) is 16.0. The van der Waals surface area contributed by atoms with Crippen LogP contribution in [0.2, 0.25) is 0 Å². The fraction of sp³-hybridized carbons (Fsp3) is 0.278. The van der Waals surface area contributed by atoms with Crippen molar-refractivity contribution in [3.05, 3.63) is 140 Å². The number of nitrogens with zero attached hydrogens (tertiary/aromatic N) is 4. The summed E-state index contributed by atoms with van der Waals surface area (Å²) in [7, 11) is 1.62. The number of aliphatic imine (C=N–C) groups is 1. The molecule has 1 amide bonds. The summed E-state index contributed by atoms with van der Waals surface area (Å²) < 4.78 is 18.5. The molecule has 0 bridgehead atoms. The summed E-state index contributed by atoms with van der Waals surface area (Å²) in [6, 6.07) is 30.3. The number of methoxy groups -OCH3 is 1. The Morgan fingerprint density at radius 3 is 2.55 bits per heavy atom. The van der Waals surface area contributed by atoms with Gasteiger partial charge < -0.3 is 24.6 Å². The molecule has 2 N–H and O–H groups in total. The molecule has 1 aliphatic heterocycles. The normalized spacial score (nSPS) is 16.8. The fourth-order valence-electron chi connectivity index (χ4n) is 5.53. The van der Waals surface area contributed by atoms with Gasteiger partial charge >= 0.3 is 0 Å². The molecule has 4 aromatic carbocycles. The Morgan fingerprint density at radius 1 is 1.04 bits per heavy atom. The van der Waals surface area contributed by atoms with Gasteiger partial charge in [-0.25, -0.2) is 4.99 Å². The Bertz CT molecular complexity index is 1760. The maximum atomic E-state index is 14.6. The molecule has 0 unspecified atom stereocenters. The molecule has 5 rings (SSSR count). The minimum absolute atomic E-state index is 0.0504. The minimum Gasteiger partial charge on any atom is -0.497 e. The highest BCUT2D eigenvalue weighted by Gasteiger charge is 2.54. The predicted molar refractivity (Wildman–Crippen MR) is 184 cm³/mol. The quantitative estimate of drug-likeness (QED) is 0.0603. The number of nitrogens with one attached hydrogen (secondary N) is 1. The minimum atomic E-state index is -1.42. The van der Waals surface area contributed by atoms with Crippen LogP contribution < -0.4 is 14.8 Å². The van der Waals surface area contributed by atoms with Crippen LogP contribution >= 0.6 is 15.9 Å². The van der Waals surface area contributed by atoms with Crippen molar-refractivity contribution in [2.75, 3.05) is 26.9 Å². The lowest BCUT2D eigenvalue weighted by Gasteiger charge is -2.32. The van der Waals surface area contributed by atoms with E-state index in [0.29, 0.717) is 43.2 Å². The number of carbonyl (C=O) groups excluding carboxylic acids is 1. The highest BCUT2D eigenvalue weighted by Crippen LogP contribution is 2.45. The first kappa shape index (κ1) is 33.5. The number of aliphatic hydroxyl groups excluding tert-OH is 1. The molecular weight excluding hydrogens is 662 g/mol. The van der Waals surface area contributed by atoms with Crippen LogP contribution in [0.3, 0.4) is 0 Å². The van der Waals surface area contributed by atoms with E-state index in [-0.39, 0.29) is 25.5 Å². The van der Waals surface area contributed by atoms with Gasteiger partial charge in [0.2, 0.25) is 5.90 Å². The van der Waals surface area contributed by atoms with Gasteiger partial charge in [0.05, 0.1) is 20.3 Å². The van der Waals surface area contributed by atoms with Crippen molar-refractivity contribution in [3.63, 3.8) is 0 Å². The average Bonchev–Trinajstić information content (AvgIpc) is 3.48.